The molecule has 0 fully saturated rings. The van der Waals surface area contributed by atoms with Crippen LogP contribution in [0, 0.1) is 11.3 Å². The van der Waals surface area contributed by atoms with E-state index in [2.05, 4.69) is 4.98 Å². The number of methoxy groups -OCH3 is 1. The lowest BCUT2D eigenvalue weighted by Crippen LogP contribution is -2.09. The monoisotopic (exact) mass is 380 g/mol. The Hall–Kier alpha value is -3.66. The number of hydrogen-bond acceptors (Lipinski definition) is 7. The molecule has 0 spiro atoms. The maximum atomic E-state index is 12.2. The lowest BCUT2D eigenvalue weighted by atomic mass is 10.1. The van der Waals surface area contributed by atoms with Gasteiger partial charge in [0.15, 0.2) is 11.5 Å². The second kappa shape index (κ2) is 10.5. The van der Waals surface area contributed by atoms with Gasteiger partial charge in [-0.1, -0.05) is 19.4 Å². The Morgan fingerprint density at radius 2 is 1.93 bits per heavy atom. The molecule has 28 heavy (non-hydrogen) atoms. The van der Waals surface area contributed by atoms with E-state index in [1.807, 2.05) is 13.0 Å². The minimum absolute atomic E-state index is 0.125. The number of nitriles is 1. The third-order valence-corrected chi connectivity index (χ3v) is 3.69. The predicted octanol–water partition coefficient (Wildman–Crippen LogP) is 3.56. The van der Waals surface area contributed by atoms with E-state index in [1.54, 1.807) is 12.1 Å². The number of unbranched alkanes of at least 4 members (excludes halogenated alkanes) is 1. The highest BCUT2D eigenvalue weighted by molar-refractivity contribution is 5.98. The van der Waals surface area contributed by atoms with Gasteiger partial charge in [-0.05, 0) is 42.3 Å². The quantitative estimate of drug-likeness (QED) is 0.227. The zero-order valence-corrected chi connectivity index (χ0v) is 15.7. The molecule has 0 saturated carbocycles. The summed E-state index contributed by atoms with van der Waals surface area (Å²) in [5, 5.41) is 9.22. The first kappa shape index (κ1) is 20.6. The Bertz CT molecular complexity index is 901. The normalized spacial score (nSPS) is 10.7. The van der Waals surface area contributed by atoms with Crippen LogP contribution in [0.4, 0.5) is 0 Å². The van der Waals surface area contributed by atoms with Gasteiger partial charge in [0.2, 0.25) is 0 Å². The van der Waals surface area contributed by atoms with Crippen LogP contribution < -0.4 is 9.47 Å². The first-order valence-corrected chi connectivity index (χ1v) is 8.68. The number of carbonyl (C=O) groups excluding carboxylic acids is 2. The molecule has 0 aliphatic rings. The summed E-state index contributed by atoms with van der Waals surface area (Å²) in [6.45, 7) is 2.24. The Morgan fingerprint density at radius 3 is 2.57 bits per heavy atom. The van der Waals surface area contributed by atoms with Gasteiger partial charge in [-0.25, -0.2) is 9.59 Å². The summed E-state index contributed by atoms with van der Waals surface area (Å²) in [5.74, 6) is -0.734. The van der Waals surface area contributed by atoms with Crippen LogP contribution in [0.15, 0.2) is 48.3 Å². The van der Waals surface area contributed by atoms with Crippen molar-refractivity contribution in [3.05, 3.63) is 59.4 Å². The zero-order chi connectivity index (χ0) is 20.4. The molecule has 0 saturated heterocycles. The van der Waals surface area contributed by atoms with Crippen molar-refractivity contribution >= 4 is 18.0 Å². The molecule has 0 unspecified atom stereocenters. The van der Waals surface area contributed by atoms with E-state index < -0.39 is 11.9 Å². The lowest BCUT2D eigenvalue weighted by Gasteiger charge is -2.10. The molecule has 2 rings (SSSR count). The minimum atomic E-state index is -0.678. The van der Waals surface area contributed by atoms with Crippen molar-refractivity contribution in [2.75, 3.05) is 13.7 Å². The van der Waals surface area contributed by atoms with Crippen molar-refractivity contribution in [3.8, 4) is 17.6 Å². The second-order valence-electron chi connectivity index (χ2n) is 5.69. The molecular formula is C21H20N2O5. The lowest BCUT2D eigenvalue weighted by molar-refractivity contribution is -0.138. The van der Waals surface area contributed by atoms with Gasteiger partial charge in [0.05, 0.1) is 19.3 Å². The maximum Gasteiger partial charge on any atom is 0.348 e. The van der Waals surface area contributed by atoms with E-state index in [9.17, 15) is 14.9 Å². The van der Waals surface area contributed by atoms with Gasteiger partial charge in [-0.2, -0.15) is 5.26 Å². The van der Waals surface area contributed by atoms with Crippen LogP contribution in [-0.4, -0.2) is 30.6 Å². The van der Waals surface area contributed by atoms with Gasteiger partial charge in [-0.3, -0.25) is 4.98 Å². The number of pyridine rings is 1. The van der Waals surface area contributed by atoms with Gasteiger partial charge in [0.25, 0.3) is 0 Å². The fourth-order valence-electron chi connectivity index (χ4n) is 2.20. The Kier molecular flexibility index (Phi) is 7.73. The molecule has 0 atom stereocenters. The van der Waals surface area contributed by atoms with E-state index in [4.69, 9.17) is 14.2 Å². The standard InChI is InChI=1S/C21H20N2O5/c1-3-4-11-27-20(24)17(14-22)12-15-5-6-18(19(13-15)26-2)28-21(25)16-7-9-23-10-8-16/h5-10,12-13H,3-4,11H2,1-2H3/b17-12+. The Morgan fingerprint density at radius 1 is 1.18 bits per heavy atom. The topological polar surface area (TPSA) is 98.5 Å². The summed E-state index contributed by atoms with van der Waals surface area (Å²) in [5.41, 5.74) is 0.756. The highest BCUT2D eigenvalue weighted by atomic mass is 16.6. The SMILES string of the molecule is CCCCOC(=O)/C(C#N)=C/c1ccc(OC(=O)c2ccncc2)c(OC)c1. The minimum Gasteiger partial charge on any atom is -0.493 e. The number of hydrogen-bond donors (Lipinski definition) is 0. The molecule has 1 aromatic carbocycles. The van der Waals surface area contributed by atoms with E-state index >= 15 is 0 Å². The molecule has 0 amide bonds. The molecule has 144 valence electrons. The molecule has 7 heteroatoms. The van der Waals surface area contributed by atoms with Gasteiger partial charge >= 0.3 is 11.9 Å². The fourth-order valence-corrected chi connectivity index (χ4v) is 2.20. The largest absolute Gasteiger partial charge is 0.493 e. The molecule has 0 aliphatic carbocycles. The van der Waals surface area contributed by atoms with Crippen LogP contribution in [0.1, 0.15) is 35.7 Å². The van der Waals surface area contributed by atoms with Crippen molar-refractivity contribution in [3.63, 3.8) is 0 Å². The molecule has 0 radical (unpaired) electrons. The molecule has 2 aromatic rings. The van der Waals surface area contributed by atoms with E-state index in [0.29, 0.717) is 11.1 Å². The highest BCUT2D eigenvalue weighted by Crippen LogP contribution is 2.29. The average molecular weight is 380 g/mol. The van der Waals surface area contributed by atoms with Gasteiger partial charge in [0.1, 0.15) is 11.6 Å². The van der Waals surface area contributed by atoms with Crippen LogP contribution in [0.5, 0.6) is 11.5 Å². The summed E-state index contributed by atoms with van der Waals surface area (Å²) < 4.78 is 15.7. The summed E-state index contributed by atoms with van der Waals surface area (Å²) in [7, 11) is 1.43. The summed E-state index contributed by atoms with van der Waals surface area (Å²) in [6, 6.07) is 9.61. The Balaban J connectivity index is 2.18. The van der Waals surface area contributed by atoms with Gasteiger partial charge in [0, 0.05) is 12.4 Å². The van der Waals surface area contributed by atoms with Crippen molar-refractivity contribution in [2.45, 2.75) is 19.8 Å². The molecule has 0 bridgehead atoms. The number of rotatable bonds is 8. The smallest absolute Gasteiger partial charge is 0.348 e. The predicted molar refractivity (Wildman–Crippen MR) is 102 cm³/mol. The number of ether oxygens (including phenoxy) is 3. The fraction of sp³-hybridized carbons (Fsp3) is 0.238. The van der Waals surface area contributed by atoms with Crippen LogP contribution in [0.3, 0.4) is 0 Å². The van der Waals surface area contributed by atoms with Crippen LogP contribution in [0.25, 0.3) is 6.08 Å². The zero-order valence-electron chi connectivity index (χ0n) is 15.7. The van der Waals surface area contributed by atoms with Crippen molar-refractivity contribution < 1.29 is 23.8 Å². The van der Waals surface area contributed by atoms with Crippen LogP contribution >= 0.6 is 0 Å². The molecular weight excluding hydrogens is 360 g/mol. The third kappa shape index (κ3) is 5.68. The molecule has 0 aliphatic heterocycles. The van der Waals surface area contributed by atoms with Crippen LogP contribution in [0.2, 0.25) is 0 Å². The van der Waals surface area contributed by atoms with Crippen LogP contribution in [-0.2, 0) is 9.53 Å². The number of benzene rings is 1. The van der Waals surface area contributed by atoms with Crippen molar-refractivity contribution in [1.29, 1.82) is 5.26 Å². The molecule has 0 N–H and O–H groups in total. The summed E-state index contributed by atoms with van der Waals surface area (Å²) >= 11 is 0. The number of nitrogens with zero attached hydrogens (tertiary/aromatic N) is 2. The number of esters is 2. The first-order chi connectivity index (χ1) is 13.6. The van der Waals surface area contributed by atoms with Crippen molar-refractivity contribution in [1.82, 2.24) is 4.98 Å². The first-order valence-electron chi connectivity index (χ1n) is 8.68. The van der Waals surface area contributed by atoms with E-state index in [0.717, 1.165) is 12.8 Å². The number of carbonyl (C=O) groups is 2. The molecule has 7 nitrogen and oxygen atoms in total. The maximum absolute atomic E-state index is 12.2. The second-order valence-corrected chi connectivity index (χ2v) is 5.69. The molecule has 1 heterocycles. The van der Waals surface area contributed by atoms with E-state index in [1.165, 1.54) is 43.8 Å². The summed E-state index contributed by atoms with van der Waals surface area (Å²) in [6.07, 6.45) is 5.99. The molecule has 1 aromatic heterocycles. The van der Waals surface area contributed by atoms with Gasteiger partial charge < -0.3 is 14.2 Å². The third-order valence-electron chi connectivity index (χ3n) is 3.69. The van der Waals surface area contributed by atoms with E-state index in [-0.39, 0.29) is 23.7 Å². The highest BCUT2D eigenvalue weighted by Gasteiger charge is 2.14. The Labute approximate surface area is 163 Å². The number of aromatic nitrogens is 1. The van der Waals surface area contributed by atoms with Gasteiger partial charge in [-0.15, -0.1) is 0 Å². The average Bonchev–Trinajstić information content (AvgIpc) is 2.73. The summed E-state index contributed by atoms with van der Waals surface area (Å²) in [4.78, 5) is 28.0. The van der Waals surface area contributed by atoms with Crippen molar-refractivity contribution in [2.24, 2.45) is 0 Å².